The second kappa shape index (κ2) is 10.2. The average Bonchev–Trinajstić information content (AvgIpc) is 2.78. The molecule has 3 rings (SSSR count). The molecule has 0 atom stereocenters. The van der Waals surface area contributed by atoms with E-state index in [1.165, 1.54) is 12.1 Å². The molecule has 0 aromatic heterocycles. The molecule has 0 bridgehead atoms. The summed E-state index contributed by atoms with van der Waals surface area (Å²) in [6.45, 7) is 0.0128. The number of carbonyl (C=O) groups excluding carboxylic acids is 2. The van der Waals surface area contributed by atoms with E-state index in [1.807, 2.05) is 24.3 Å². The molecule has 6 heteroatoms. The van der Waals surface area contributed by atoms with Crippen LogP contribution in [0.4, 0.5) is 10.1 Å². The number of para-hydroxylation sites is 1. The summed E-state index contributed by atoms with van der Waals surface area (Å²) in [5.74, 6) is -0.362. The van der Waals surface area contributed by atoms with Crippen LogP contribution in [0.15, 0.2) is 72.8 Å². The van der Waals surface area contributed by atoms with Gasteiger partial charge in [-0.15, -0.1) is 0 Å². The first kappa shape index (κ1) is 21.0. The molecule has 154 valence electrons. The van der Waals surface area contributed by atoms with Crippen LogP contribution in [-0.2, 0) is 22.6 Å². The maximum atomic E-state index is 13.0. The minimum Gasteiger partial charge on any atom is -0.497 e. The minimum atomic E-state index is -0.564. The highest BCUT2D eigenvalue weighted by molar-refractivity contribution is 6.01. The summed E-state index contributed by atoms with van der Waals surface area (Å²) in [5, 5.41) is 2.78. The van der Waals surface area contributed by atoms with Crippen LogP contribution in [0, 0.1) is 5.82 Å². The van der Waals surface area contributed by atoms with Crippen molar-refractivity contribution in [3.05, 3.63) is 95.3 Å². The van der Waals surface area contributed by atoms with Gasteiger partial charge in [0, 0.05) is 6.42 Å². The van der Waals surface area contributed by atoms with Gasteiger partial charge < -0.3 is 14.8 Å². The number of anilines is 1. The number of methoxy groups -OCH3 is 1. The van der Waals surface area contributed by atoms with Gasteiger partial charge in [-0.2, -0.15) is 0 Å². The monoisotopic (exact) mass is 407 g/mol. The Morgan fingerprint density at radius 3 is 2.27 bits per heavy atom. The largest absolute Gasteiger partial charge is 0.497 e. The zero-order valence-electron chi connectivity index (χ0n) is 16.6. The van der Waals surface area contributed by atoms with E-state index in [0.29, 0.717) is 17.7 Å². The highest BCUT2D eigenvalue weighted by atomic mass is 19.1. The van der Waals surface area contributed by atoms with Crippen LogP contribution in [-0.4, -0.2) is 19.0 Å². The van der Waals surface area contributed by atoms with Gasteiger partial charge in [0.25, 0.3) is 0 Å². The Labute approximate surface area is 174 Å². The van der Waals surface area contributed by atoms with Crippen LogP contribution in [0.1, 0.15) is 27.9 Å². The predicted octanol–water partition coefficient (Wildman–Crippen LogP) is 4.76. The van der Waals surface area contributed by atoms with E-state index in [1.54, 1.807) is 43.5 Å². The fourth-order valence-electron chi connectivity index (χ4n) is 2.84. The molecule has 1 N–H and O–H groups in total. The maximum absolute atomic E-state index is 13.0. The number of carbonyl (C=O) groups is 2. The van der Waals surface area contributed by atoms with Crippen molar-refractivity contribution in [1.82, 2.24) is 0 Å². The molecule has 3 aromatic carbocycles. The van der Waals surface area contributed by atoms with Gasteiger partial charge in [-0.3, -0.25) is 4.79 Å². The number of esters is 1. The summed E-state index contributed by atoms with van der Waals surface area (Å²) in [6, 6.07) is 19.9. The summed E-state index contributed by atoms with van der Waals surface area (Å²) < 4.78 is 23.4. The minimum absolute atomic E-state index is 0.0128. The van der Waals surface area contributed by atoms with Crippen molar-refractivity contribution in [2.45, 2.75) is 19.4 Å². The number of amides is 1. The van der Waals surface area contributed by atoms with Crippen LogP contribution < -0.4 is 10.1 Å². The number of rotatable bonds is 8. The van der Waals surface area contributed by atoms with E-state index in [9.17, 15) is 14.0 Å². The van der Waals surface area contributed by atoms with E-state index >= 15 is 0 Å². The Balaban J connectivity index is 1.57. The van der Waals surface area contributed by atoms with E-state index in [2.05, 4.69) is 5.32 Å². The Kier molecular flexibility index (Phi) is 7.16. The Bertz CT molecular complexity index is 1000. The van der Waals surface area contributed by atoms with Gasteiger partial charge in [-0.1, -0.05) is 36.4 Å². The summed E-state index contributed by atoms with van der Waals surface area (Å²) >= 11 is 0. The van der Waals surface area contributed by atoms with Crippen molar-refractivity contribution in [2.75, 3.05) is 12.4 Å². The number of halogens is 1. The Morgan fingerprint density at radius 2 is 1.57 bits per heavy atom. The SMILES string of the molecule is COc1ccc(CCC(=O)Nc2ccccc2C(=O)OCc2ccc(F)cc2)cc1. The number of ether oxygens (including phenoxy) is 2. The first-order chi connectivity index (χ1) is 14.5. The van der Waals surface area contributed by atoms with E-state index in [-0.39, 0.29) is 30.3 Å². The molecule has 0 radical (unpaired) electrons. The first-order valence-corrected chi connectivity index (χ1v) is 9.48. The lowest BCUT2D eigenvalue weighted by Crippen LogP contribution is -2.16. The second-order valence-corrected chi connectivity index (χ2v) is 6.64. The maximum Gasteiger partial charge on any atom is 0.340 e. The van der Waals surface area contributed by atoms with Gasteiger partial charge in [0.1, 0.15) is 18.2 Å². The molecular formula is C24H22FNO4. The number of nitrogens with one attached hydrogen (secondary N) is 1. The van der Waals surface area contributed by atoms with Crippen LogP contribution in [0.5, 0.6) is 5.75 Å². The Hall–Kier alpha value is -3.67. The highest BCUT2D eigenvalue weighted by Gasteiger charge is 2.14. The van der Waals surface area contributed by atoms with E-state index in [4.69, 9.17) is 9.47 Å². The summed E-state index contributed by atoms with van der Waals surface area (Å²) in [5.41, 5.74) is 2.34. The van der Waals surface area contributed by atoms with Crippen molar-refractivity contribution in [3.8, 4) is 5.75 Å². The van der Waals surface area contributed by atoms with Crippen LogP contribution in [0.25, 0.3) is 0 Å². The quantitative estimate of drug-likeness (QED) is 0.547. The topological polar surface area (TPSA) is 64.6 Å². The summed E-state index contributed by atoms with van der Waals surface area (Å²) in [7, 11) is 1.60. The molecule has 3 aromatic rings. The van der Waals surface area contributed by atoms with Gasteiger partial charge in [0.05, 0.1) is 18.4 Å². The Morgan fingerprint density at radius 1 is 0.900 bits per heavy atom. The van der Waals surface area contributed by atoms with Gasteiger partial charge >= 0.3 is 5.97 Å². The number of hydrogen-bond acceptors (Lipinski definition) is 4. The third-order valence-corrected chi connectivity index (χ3v) is 4.50. The summed E-state index contributed by atoms with van der Waals surface area (Å²) in [4.78, 5) is 24.8. The smallest absolute Gasteiger partial charge is 0.340 e. The van der Waals surface area contributed by atoms with Crippen LogP contribution >= 0.6 is 0 Å². The molecule has 0 aliphatic heterocycles. The molecule has 0 spiro atoms. The number of benzene rings is 3. The third-order valence-electron chi connectivity index (χ3n) is 4.50. The molecule has 30 heavy (non-hydrogen) atoms. The van der Waals surface area contributed by atoms with Gasteiger partial charge in [0.2, 0.25) is 5.91 Å². The molecule has 0 aliphatic rings. The normalized spacial score (nSPS) is 10.3. The number of hydrogen-bond donors (Lipinski definition) is 1. The lowest BCUT2D eigenvalue weighted by Gasteiger charge is -2.11. The zero-order valence-corrected chi connectivity index (χ0v) is 16.6. The van der Waals surface area contributed by atoms with Gasteiger partial charge in [-0.25, -0.2) is 9.18 Å². The fourth-order valence-corrected chi connectivity index (χ4v) is 2.84. The molecule has 0 saturated heterocycles. The molecule has 0 heterocycles. The molecular weight excluding hydrogens is 385 g/mol. The van der Waals surface area contributed by atoms with Crippen LogP contribution in [0.2, 0.25) is 0 Å². The molecule has 0 saturated carbocycles. The van der Waals surface area contributed by atoms with E-state index in [0.717, 1.165) is 11.3 Å². The zero-order chi connectivity index (χ0) is 21.3. The molecule has 0 unspecified atom stereocenters. The lowest BCUT2D eigenvalue weighted by molar-refractivity contribution is -0.116. The molecule has 1 amide bonds. The van der Waals surface area contributed by atoms with Crippen molar-refractivity contribution in [1.29, 1.82) is 0 Å². The van der Waals surface area contributed by atoms with Crippen LogP contribution in [0.3, 0.4) is 0 Å². The predicted molar refractivity (Wildman–Crippen MR) is 112 cm³/mol. The highest BCUT2D eigenvalue weighted by Crippen LogP contribution is 2.18. The average molecular weight is 407 g/mol. The van der Waals surface area contributed by atoms with Crippen molar-refractivity contribution in [2.24, 2.45) is 0 Å². The van der Waals surface area contributed by atoms with Crippen molar-refractivity contribution < 1.29 is 23.5 Å². The van der Waals surface area contributed by atoms with E-state index < -0.39 is 5.97 Å². The number of aryl methyl sites for hydroxylation is 1. The third kappa shape index (κ3) is 5.91. The first-order valence-electron chi connectivity index (χ1n) is 9.48. The van der Waals surface area contributed by atoms with Crippen molar-refractivity contribution in [3.63, 3.8) is 0 Å². The lowest BCUT2D eigenvalue weighted by atomic mass is 10.1. The second-order valence-electron chi connectivity index (χ2n) is 6.64. The molecule has 0 fully saturated rings. The fraction of sp³-hybridized carbons (Fsp3) is 0.167. The van der Waals surface area contributed by atoms with Crippen molar-refractivity contribution >= 4 is 17.6 Å². The standard InChI is InChI=1S/C24H22FNO4/c1-29-20-13-8-17(9-14-20)10-15-23(27)26-22-5-3-2-4-21(22)24(28)30-16-18-6-11-19(25)12-7-18/h2-9,11-14H,10,15-16H2,1H3,(H,26,27). The molecule has 5 nitrogen and oxygen atoms in total. The van der Waals surface area contributed by atoms with Gasteiger partial charge in [0.15, 0.2) is 0 Å². The summed E-state index contributed by atoms with van der Waals surface area (Å²) in [6.07, 6.45) is 0.832. The van der Waals surface area contributed by atoms with Gasteiger partial charge in [-0.05, 0) is 53.9 Å². The molecule has 0 aliphatic carbocycles.